The molecule has 1 atom stereocenters. The number of hydrogen-bond acceptors (Lipinski definition) is 3. The fraction of sp³-hybridized carbons (Fsp3) is 0.636. The van der Waals surface area contributed by atoms with Crippen molar-refractivity contribution in [2.24, 2.45) is 5.41 Å². The molecule has 2 saturated heterocycles. The number of aromatic nitrogens is 2. The Morgan fingerprint density at radius 3 is 3.12 bits per heavy atom. The predicted octanol–water partition coefficient (Wildman–Crippen LogP) is 0.235. The van der Waals surface area contributed by atoms with E-state index in [-0.39, 0.29) is 5.91 Å². The van der Waals surface area contributed by atoms with Crippen molar-refractivity contribution in [3.8, 4) is 0 Å². The Morgan fingerprint density at radius 1 is 1.50 bits per heavy atom. The molecule has 0 aromatic carbocycles. The van der Waals surface area contributed by atoms with Crippen LogP contribution in [0.5, 0.6) is 0 Å². The SMILES string of the molecule is O=C(c1cnc[nH]1)N1CCC2(CCNC2)C1. The van der Waals surface area contributed by atoms with Crippen LogP contribution in [0.25, 0.3) is 0 Å². The summed E-state index contributed by atoms with van der Waals surface area (Å²) in [6.07, 6.45) is 5.47. The second-order valence-electron chi connectivity index (χ2n) is 4.87. The van der Waals surface area contributed by atoms with Crippen LogP contribution in [0.3, 0.4) is 0 Å². The zero-order valence-corrected chi connectivity index (χ0v) is 9.20. The molecule has 5 heteroatoms. The Kier molecular flexibility index (Phi) is 2.21. The molecule has 3 rings (SSSR count). The first-order chi connectivity index (χ1) is 7.79. The van der Waals surface area contributed by atoms with Gasteiger partial charge in [-0.1, -0.05) is 0 Å². The van der Waals surface area contributed by atoms with Gasteiger partial charge in [0.25, 0.3) is 5.91 Å². The number of amides is 1. The van der Waals surface area contributed by atoms with Crippen LogP contribution in [0.1, 0.15) is 23.3 Å². The molecule has 2 aliphatic heterocycles. The third-order valence-corrected chi connectivity index (χ3v) is 3.79. The van der Waals surface area contributed by atoms with E-state index in [2.05, 4.69) is 15.3 Å². The molecule has 1 aromatic rings. The van der Waals surface area contributed by atoms with Crippen molar-refractivity contribution in [2.45, 2.75) is 12.8 Å². The van der Waals surface area contributed by atoms with Gasteiger partial charge in [0.15, 0.2) is 0 Å². The van der Waals surface area contributed by atoms with E-state index in [0.29, 0.717) is 11.1 Å². The molecule has 2 N–H and O–H groups in total. The van der Waals surface area contributed by atoms with Gasteiger partial charge in [0, 0.05) is 25.0 Å². The topological polar surface area (TPSA) is 61.0 Å². The van der Waals surface area contributed by atoms with Crippen LogP contribution in [0.15, 0.2) is 12.5 Å². The van der Waals surface area contributed by atoms with Crippen LogP contribution in [-0.2, 0) is 0 Å². The molecular formula is C11H16N4O. The lowest BCUT2D eigenvalue weighted by atomic mass is 9.87. The van der Waals surface area contributed by atoms with Crippen LogP contribution in [-0.4, -0.2) is 47.0 Å². The summed E-state index contributed by atoms with van der Waals surface area (Å²) in [6, 6.07) is 0. The molecule has 1 amide bonds. The Morgan fingerprint density at radius 2 is 2.44 bits per heavy atom. The number of rotatable bonds is 1. The maximum Gasteiger partial charge on any atom is 0.271 e. The molecule has 2 fully saturated rings. The largest absolute Gasteiger partial charge is 0.341 e. The zero-order chi connectivity index (χ0) is 11.0. The standard InChI is InChI=1S/C11H16N4O/c16-10(9-5-13-8-14-9)15-4-2-11(7-15)1-3-12-6-11/h5,8,12H,1-4,6-7H2,(H,13,14). The van der Waals surface area contributed by atoms with Gasteiger partial charge in [-0.25, -0.2) is 4.98 Å². The first-order valence-corrected chi connectivity index (χ1v) is 5.78. The molecular weight excluding hydrogens is 204 g/mol. The summed E-state index contributed by atoms with van der Waals surface area (Å²) in [5.74, 6) is 0.0845. The molecule has 0 radical (unpaired) electrons. The van der Waals surface area contributed by atoms with E-state index in [1.165, 1.54) is 6.42 Å². The molecule has 0 saturated carbocycles. The van der Waals surface area contributed by atoms with Crippen molar-refractivity contribution in [3.63, 3.8) is 0 Å². The van der Waals surface area contributed by atoms with Crippen molar-refractivity contribution in [2.75, 3.05) is 26.2 Å². The number of H-pyrrole nitrogens is 1. The maximum absolute atomic E-state index is 12.1. The maximum atomic E-state index is 12.1. The average molecular weight is 220 g/mol. The van der Waals surface area contributed by atoms with E-state index in [0.717, 1.165) is 32.6 Å². The molecule has 5 nitrogen and oxygen atoms in total. The smallest absolute Gasteiger partial charge is 0.271 e. The lowest BCUT2D eigenvalue weighted by Crippen LogP contribution is -2.33. The zero-order valence-electron chi connectivity index (χ0n) is 9.20. The van der Waals surface area contributed by atoms with Gasteiger partial charge in [0.1, 0.15) is 5.69 Å². The molecule has 2 aliphatic rings. The van der Waals surface area contributed by atoms with Gasteiger partial charge in [0.05, 0.1) is 12.5 Å². The normalized spacial score (nSPS) is 29.1. The highest BCUT2D eigenvalue weighted by Gasteiger charge is 2.42. The minimum Gasteiger partial charge on any atom is -0.341 e. The van der Waals surface area contributed by atoms with Gasteiger partial charge in [-0.05, 0) is 19.4 Å². The van der Waals surface area contributed by atoms with E-state index in [4.69, 9.17) is 0 Å². The number of nitrogens with one attached hydrogen (secondary N) is 2. The third-order valence-electron chi connectivity index (χ3n) is 3.79. The molecule has 1 unspecified atom stereocenters. The highest BCUT2D eigenvalue weighted by atomic mass is 16.2. The summed E-state index contributed by atoms with van der Waals surface area (Å²) in [7, 11) is 0. The van der Waals surface area contributed by atoms with E-state index in [1.54, 1.807) is 12.5 Å². The molecule has 3 heterocycles. The Balaban J connectivity index is 1.72. The Labute approximate surface area is 94.2 Å². The lowest BCUT2D eigenvalue weighted by Gasteiger charge is -2.22. The number of nitrogens with zero attached hydrogens (tertiary/aromatic N) is 2. The number of imidazole rings is 1. The second-order valence-corrected chi connectivity index (χ2v) is 4.87. The summed E-state index contributed by atoms with van der Waals surface area (Å²) in [5, 5.41) is 3.39. The Bertz CT molecular complexity index is 381. The molecule has 1 spiro atoms. The molecule has 0 bridgehead atoms. The van der Waals surface area contributed by atoms with Crippen LogP contribution < -0.4 is 5.32 Å². The first kappa shape index (κ1) is 9.84. The van der Waals surface area contributed by atoms with Gasteiger partial charge in [-0.2, -0.15) is 0 Å². The van der Waals surface area contributed by atoms with Gasteiger partial charge >= 0.3 is 0 Å². The van der Waals surface area contributed by atoms with Crippen LogP contribution in [0.2, 0.25) is 0 Å². The van der Waals surface area contributed by atoms with Crippen molar-refractivity contribution < 1.29 is 4.79 Å². The summed E-state index contributed by atoms with van der Waals surface area (Å²) in [4.78, 5) is 20.8. The Hall–Kier alpha value is -1.36. The predicted molar refractivity (Wildman–Crippen MR) is 59.0 cm³/mol. The van der Waals surface area contributed by atoms with Gasteiger partial charge in [0.2, 0.25) is 0 Å². The highest BCUT2D eigenvalue weighted by molar-refractivity contribution is 5.92. The van der Waals surface area contributed by atoms with Crippen molar-refractivity contribution in [1.29, 1.82) is 0 Å². The van der Waals surface area contributed by atoms with Crippen molar-refractivity contribution >= 4 is 5.91 Å². The van der Waals surface area contributed by atoms with E-state index >= 15 is 0 Å². The number of aromatic amines is 1. The molecule has 16 heavy (non-hydrogen) atoms. The van der Waals surface area contributed by atoms with Crippen LogP contribution in [0.4, 0.5) is 0 Å². The number of carbonyl (C=O) groups is 1. The van der Waals surface area contributed by atoms with E-state index in [9.17, 15) is 4.79 Å². The second kappa shape index (κ2) is 3.59. The minimum atomic E-state index is 0.0845. The quantitative estimate of drug-likeness (QED) is 0.712. The van der Waals surface area contributed by atoms with Gasteiger partial charge in [-0.3, -0.25) is 4.79 Å². The molecule has 1 aromatic heterocycles. The summed E-state index contributed by atoms with van der Waals surface area (Å²) in [5.41, 5.74) is 0.943. The van der Waals surface area contributed by atoms with E-state index in [1.807, 2.05) is 4.90 Å². The highest BCUT2D eigenvalue weighted by Crippen LogP contribution is 2.36. The molecule has 86 valence electrons. The van der Waals surface area contributed by atoms with Crippen LogP contribution >= 0.6 is 0 Å². The number of likely N-dealkylation sites (tertiary alicyclic amines) is 1. The summed E-state index contributed by atoms with van der Waals surface area (Å²) in [6.45, 7) is 3.91. The average Bonchev–Trinajstić information content (AvgIpc) is 3.01. The van der Waals surface area contributed by atoms with E-state index < -0.39 is 0 Å². The number of hydrogen-bond donors (Lipinski definition) is 2. The third kappa shape index (κ3) is 1.51. The molecule has 0 aliphatic carbocycles. The summed E-state index contributed by atoms with van der Waals surface area (Å²) < 4.78 is 0. The van der Waals surface area contributed by atoms with Gasteiger partial charge < -0.3 is 15.2 Å². The minimum absolute atomic E-state index is 0.0845. The fourth-order valence-electron chi connectivity index (χ4n) is 2.80. The van der Waals surface area contributed by atoms with Crippen molar-refractivity contribution in [3.05, 3.63) is 18.2 Å². The fourth-order valence-corrected chi connectivity index (χ4v) is 2.80. The monoisotopic (exact) mass is 220 g/mol. The van der Waals surface area contributed by atoms with Crippen molar-refractivity contribution in [1.82, 2.24) is 20.2 Å². The summed E-state index contributed by atoms with van der Waals surface area (Å²) >= 11 is 0. The number of carbonyl (C=O) groups excluding carboxylic acids is 1. The van der Waals surface area contributed by atoms with Crippen LogP contribution in [0, 0.1) is 5.41 Å². The first-order valence-electron chi connectivity index (χ1n) is 5.78. The lowest BCUT2D eigenvalue weighted by molar-refractivity contribution is 0.0770. The van der Waals surface area contributed by atoms with Gasteiger partial charge in [-0.15, -0.1) is 0 Å².